The third-order valence-corrected chi connectivity index (χ3v) is 8.03. The molecule has 5 heterocycles. The first-order valence-electron chi connectivity index (χ1n) is 14.2. The summed E-state index contributed by atoms with van der Waals surface area (Å²) in [7, 11) is 0. The van der Waals surface area contributed by atoms with Gasteiger partial charge in [-0.25, -0.2) is 9.97 Å². The average molecular weight is 554 g/mol. The number of hydrogen-bond donors (Lipinski definition) is 2. The first-order chi connectivity index (χ1) is 19.9. The number of carbonyl (C=O) groups excluding carboxylic acids is 1. The number of Topliss-reactive ketones (excluding diaryl/α,β-unsaturated/α-hetero) is 1. The Kier molecular flexibility index (Phi) is 7.91. The highest BCUT2D eigenvalue weighted by atomic mass is 16.5. The lowest BCUT2D eigenvalue weighted by molar-refractivity contribution is 0.0237. The van der Waals surface area contributed by atoms with Crippen molar-refractivity contribution in [1.29, 1.82) is 0 Å². The second kappa shape index (κ2) is 11.9. The van der Waals surface area contributed by atoms with E-state index in [1.165, 1.54) is 0 Å². The number of aromatic nitrogens is 3. The molecule has 4 aromatic rings. The van der Waals surface area contributed by atoms with Gasteiger partial charge in [-0.05, 0) is 29.8 Å². The van der Waals surface area contributed by atoms with Crippen molar-refractivity contribution in [3.63, 3.8) is 0 Å². The van der Waals surface area contributed by atoms with E-state index in [0.29, 0.717) is 24.7 Å². The molecule has 2 fully saturated rings. The van der Waals surface area contributed by atoms with Crippen LogP contribution in [-0.2, 0) is 11.2 Å². The molecule has 0 bridgehead atoms. The van der Waals surface area contributed by atoms with Crippen molar-refractivity contribution in [3.05, 3.63) is 78.4 Å². The van der Waals surface area contributed by atoms with E-state index in [4.69, 9.17) is 20.2 Å². The summed E-state index contributed by atoms with van der Waals surface area (Å²) in [6.45, 7) is 4.61. The van der Waals surface area contributed by atoms with Crippen molar-refractivity contribution < 1.29 is 19.4 Å². The van der Waals surface area contributed by atoms with Gasteiger partial charge in [0.05, 0.1) is 24.8 Å². The highest BCUT2D eigenvalue weighted by molar-refractivity contribution is 5.98. The number of ether oxygens (including phenoxy) is 2. The van der Waals surface area contributed by atoms with Crippen molar-refractivity contribution in [2.24, 2.45) is 11.7 Å². The molecule has 0 saturated carbocycles. The molecule has 1 aromatic carbocycles. The number of anilines is 1. The van der Waals surface area contributed by atoms with Gasteiger partial charge in [0, 0.05) is 91.2 Å². The van der Waals surface area contributed by atoms with Gasteiger partial charge in [-0.15, -0.1) is 0 Å². The molecular formula is C32H35N5O4. The number of rotatable bonds is 7. The van der Waals surface area contributed by atoms with E-state index in [1.807, 2.05) is 49.4 Å². The number of hydrogen-bond acceptors (Lipinski definition) is 9. The van der Waals surface area contributed by atoms with Gasteiger partial charge < -0.3 is 25.2 Å². The van der Waals surface area contributed by atoms with Crippen LogP contribution in [0.3, 0.4) is 0 Å². The van der Waals surface area contributed by atoms with Crippen LogP contribution in [0.4, 0.5) is 5.69 Å². The van der Waals surface area contributed by atoms with Crippen LogP contribution in [0.5, 0.6) is 5.88 Å². The normalized spacial score (nSPS) is 21.6. The van der Waals surface area contributed by atoms with Crippen molar-refractivity contribution >= 4 is 22.4 Å². The zero-order valence-corrected chi connectivity index (χ0v) is 23.1. The minimum absolute atomic E-state index is 0.0257. The quantitative estimate of drug-likeness (QED) is 0.329. The number of benzene rings is 1. The fraction of sp³-hybridized carbons (Fsp3) is 0.375. The summed E-state index contributed by atoms with van der Waals surface area (Å²) in [5.41, 5.74) is 11.0. The summed E-state index contributed by atoms with van der Waals surface area (Å²) >= 11 is 0. The molecule has 0 radical (unpaired) electrons. The van der Waals surface area contributed by atoms with Gasteiger partial charge in [-0.3, -0.25) is 9.78 Å². The lowest BCUT2D eigenvalue weighted by Gasteiger charge is -2.40. The topological polar surface area (TPSA) is 124 Å². The number of fused-ring (bicyclic) bond motifs is 1. The van der Waals surface area contributed by atoms with Crippen LogP contribution in [0.1, 0.15) is 35.8 Å². The fourth-order valence-corrected chi connectivity index (χ4v) is 5.68. The van der Waals surface area contributed by atoms with E-state index in [9.17, 15) is 9.90 Å². The smallest absolute Gasteiger partial charge is 0.213 e. The van der Waals surface area contributed by atoms with Gasteiger partial charge in [0.2, 0.25) is 5.88 Å². The van der Waals surface area contributed by atoms with Crippen molar-refractivity contribution in [1.82, 2.24) is 15.0 Å². The van der Waals surface area contributed by atoms with Crippen LogP contribution in [-0.4, -0.2) is 70.4 Å². The maximum atomic E-state index is 13.4. The van der Waals surface area contributed by atoms with E-state index >= 15 is 0 Å². The number of ketones is 1. The molecule has 2 aliphatic heterocycles. The molecule has 212 valence electrons. The zero-order chi connectivity index (χ0) is 28.3. The Balaban J connectivity index is 1.19. The van der Waals surface area contributed by atoms with Crippen molar-refractivity contribution in [2.75, 3.05) is 31.2 Å². The molecule has 0 amide bonds. The Morgan fingerprint density at radius 1 is 1.07 bits per heavy atom. The zero-order valence-electron chi connectivity index (χ0n) is 23.1. The summed E-state index contributed by atoms with van der Waals surface area (Å²) in [6.07, 6.45) is 6.78. The van der Waals surface area contributed by atoms with E-state index in [0.717, 1.165) is 59.3 Å². The summed E-state index contributed by atoms with van der Waals surface area (Å²) in [5.74, 6) is 0.550. The third-order valence-electron chi connectivity index (χ3n) is 8.03. The Hall–Kier alpha value is -3.92. The molecule has 9 nitrogen and oxygen atoms in total. The Morgan fingerprint density at radius 2 is 1.88 bits per heavy atom. The summed E-state index contributed by atoms with van der Waals surface area (Å²) < 4.78 is 11.4. The van der Waals surface area contributed by atoms with Gasteiger partial charge >= 0.3 is 0 Å². The number of piperidine rings is 1. The van der Waals surface area contributed by atoms with E-state index in [1.54, 1.807) is 24.7 Å². The van der Waals surface area contributed by atoms with Crippen LogP contribution in [0, 0.1) is 5.92 Å². The summed E-state index contributed by atoms with van der Waals surface area (Å²) in [6, 6.07) is 15.2. The lowest BCUT2D eigenvalue weighted by atomic mass is 9.92. The van der Waals surface area contributed by atoms with Crippen LogP contribution in [0.15, 0.2) is 67.1 Å². The van der Waals surface area contributed by atoms with Gasteiger partial charge in [-0.1, -0.05) is 25.1 Å². The van der Waals surface area contributed by atoms with Crippen LogP contribution >= 0.6 is 0 Å². The van der Waals surface area contributed by atoms with Crippen LogP contribution < -0.4 is 15.4 Å². The number of aliphatic hydroxyl groups is 1. The largest absolute Gasteiger partial charge is 0.474 e. The molecule has 9 heteroatoms. The molecule has 3 aromatic heterocycles. The molecule has 2 saturated heterocycles. The van der Waals surface area contributed by atoms with Gasteiger partial charge in [0.25, 0.3) is 0 Å². The monoisotopic (exact) mass is 553 g/mol. The third kappa shape index (κ3) is 6.07. The SMILES string of the molecule is C[C@H]1CN(c2ccncc2CC(=O)c2ccc3ccc(-c4ccc(OC5CCOCC5)nc4)cc3n2)C[C@@H](N)[C@@H]1O. The standard InChI is InChI=1S/C32H35N5O4/c1-20-18-37(19-26(33)32(20)39)29-8-11-34-16-24(29)15-30(38)27-6-4-21-2-3-22(14-28(21)36-27)23-5-7-31(35-17-23)41-25-9-12-40-13-10-25/h2-8,11,14,16-17,20,25-26,32,39H,9-10,12-13,15,18-19,33H2,1H3/t20-,26+,32+/m0/s1. The number of carbonyl (C=O) groups is 1. The first kappa shape index (κ1) is 27.3. The summed E-state index contributed by atoms with van der Waals surface area (Å²) in [4.78, 5) is 29.1. The van der Waals surface area contributed by atoms with Crippen LogP contribution in [0.2, 0.25) is 0 Å². The molecular weight excluding hydrogens is 518 g/mol. The predicted molar refractivity (Wildman–Crippen MR) is 157 cm³/mol. The lowest BCUT2D eigenvalue weighted by Crippen LogP contribution is -2.55. The Bertz CT molecular complexity index is 1510. The molecule has 2 aliphatic rings. The van der Waals surface area contributed by atoms with Crippen LogP contribution in [0.25, 0.3) is 22.0 Å². The second-order valence-electron chi connectivity index (χ2n) is 11.1. The van der Waals surface area contributed by atoms with Crippen molar-refractivity contribution in [3.8, 4) is 17.0 Å². The number of pyridine rings is 3. The molecule has 3 N–H and O–H groups in total. The highest BCUT2D eigenvalue weighted by Crippen LogP contribution is 2.28. The predicted octanol–water partition coefficient (Wildman–Crippen LogP) is 3.82. The van der Waals surface area contributed by atoms with Gasteiger partial charge in [-0.2, -0.15) is 0 Å². The molecule has 0 unspecified atom stereocenters. The molecule has 0 aliphatic carbocycles. The number of nitrogens with two attached hydrogens (primary N) is 1. The fourth-order valence-electron chi connectivity index (χ4n) is 5.68. The Labute approximate surface area is 239 Å². The van der Waals surface area contributed by atoms with E-state index in [-0.39, 0.29) is 30.3 Å². The summed E-state index contributed by atoms with van der Waals surface area (Å²) in [5, 5.41) is 11.2. The minimum atomic E-state index is -0.538. The average Bonchev–Trinajstić information content (AvgIpc) is 3.00. The van der Waals surface area contributed by atoms with E-state index in [2.05, 4.69) is 14.9 Å². The van der Waals surface area contributed by atoms with Crippen molar-refractivity contribution in [2.45, 2.75) is 44.4 Å². The first-order valence-corrected chi connectivity index (χ1v) is 14.2. The maximum absolute atomic E-state index is 13.4. The molecule has 0 spiro atoms. The molecule has 41 heavy (non-hydrogen) atoms. The Morgan fingerprint density at radius 3 is 2.66 bits per heavy atom. The van der Waals surface area contributed by atoms with E-state index < -0.39 is 6.10 Å². The number of nitrogens with zero attached hydrogens (tertiary/aromatic N) is 4. The maximum Gasteiger partial charge on any atom is 0.213 e. The van der Waals surface area contributed by atoms with Gasteiger partial charge in [0.15, 0.2) is 5.78 Å². The second-order valence-corrected chi connectivity index (χ2v) is 11.1. The molecule has 3 atom stereocenters. The highest BCUT2D eigenvalue weighted by Gasteiger charge is 2.32. The number of aliphatic hydroxyl groups excluding tert-OH is 1. The minimum Gasteiger partial charge on any atom is -0.474 e. The van der Waals surface area contributed by atoms with Gasteiger partial charge in [0.1, 0.15) is 11.8 Å². The molecule has 6 rings (SSSR count).